The van der Waals surface area contributed by atoms with Crippen molar-refractivity contribution >= 4 is 23.0 Å². The van der Waals surface area contributed by atoms with Crippen molar-refractivity contribution in [1.29, 1.82) is 0 Å². The topological polar surface area (TPSA) is 61.8 Å². The minimum atomic E-state index is -3.49. The fourth-order valence-electron chi connectivity index (χ4n) is 5.12. The number of unbranched alkanes of at least 4 members (excludes halogenated alkanes) is 3. The molecule has 0 amide bonds. The molecular formula is C28H48FN3O2PS+. The summed E-state index contributed by atoms with van der Waals surface area (Å²) in [6.45, 7) is 12.9. The molecule has 1 unspecified atom stereocenters. The molecule has 204 valence electrons. The third-order valence-electron chi connectivity index (χ3n) is 6.92. The first-order chi connectivity index (χ1) is 17.0. The van der Waals surface area contributed by atoms with E-state index in [0.29, 0.717) is 0 Å². The Balaban J connectivity index is 2.75. The summed E-state index contributed by atoms with van der Waals surface area (Å²) in [6, 6.07) is 6.60. The Kier molecular flexibility index (Phi) is 12.0. The van der Waals surface area contributed by atoms with Crippen molar-refractivity contribution in [3.05, 3.63) is 46.9 Å². The summed E-state index contributed by atoms with van der Waals surface area (Å²) in [4.78, 5) is 7.80. The molecule has 1 atom stereocenters. The molecule has 1 aliphatic rings. The summed E-state index contributed by atoms with van der Waals surface area (Å²) < 4.78 is 38.6. The van der Waals surface area contributed by atoms with Gasteiger partial charge in [0.15, 0.2) is 0 Å². The highest BCUT2D eigenvalue weighted by Gasteiger charge is 2.41. The number of halogens is 1. The van der Waals surface area contributed by atoms with Gasteiger partial charge in [-0.05, 0) is 56.4 Å². The van der Waals surface area contributed by atoms with Crippen molar-refractivity contribution in [3.8, 4) is 0 Å². The molecule has 1 heterocycles. The highest BCUT2D eigenvalue weighted by molar-refractivity contribution is 7.88. The van der Waals surface area contributed by atoms with Crippen LogP contribution in [0.1, 0.15) is 85.6 Å². The van der Waals surface area contributed by atoms with Crippen molar-refractivity contribution in [2.75, 3.05) is 30.9 Å². The molecular weight excluding hydrogens is 492 g/mol. The van der Waals surface area contributed by atoms with E-state index in [1.54, 1.807) is 5.01 Å². The standard InChI is InChI=1S/C28H48FN3O2PS/c1-8-11-18-35(19-12-9-2,20-13-10-3)21-26-27(24-14-16-25(29)17-15-24)30-23(6)32(28(26)22(4)5)31-36(7,33)34/h14-17,22-23,31H,8-13,18-21H2,1-7H3/q+1. The van der Waals surface area contributed by atoms with E-state index in [4.69, 9.17) is 4.99 Å². The molecule has 0 aromatic heterocycles. The number of nitrogens with one attached hydrogen (secondary N) is 1. The molecule has 0 radical (unpaired) electrons. The molecule has 8 heteroatoms. The second kappa shape index (κ2) is 14.0. The van der Waals surface area contributed by atoms with E-state index in [0.717, 1.165) is 28.7 Å². The number of nitrogens with zero attached hydrogens (tertiary/aromatic N) is 2. The van der Waals surface area contributed by atoms with Crippen LogP contribution in [0.3, 0.4) is 0 Å². The average molecular weight is 541 g/mol. The Labute approximate surface area is 220 Å². The van der Waals surface area contributed by atoms with Gasteiger partial charge in [0.1, 0.15) is 12.0 Å². The summed E-state index contributed by atoms with van der Waals surface area (Å²) in [7, 11) is -4.86. The Morgan fingerprint density at radius 1 is 1.00 bits per heavy atom. The van der Waals surface area contributed by atoms with Gasteiger partial charge in [0.2, 0.25) is 10.0 Å². The van der Waals surface area contributed by atoms with Crippen LogP contribution < -0.4 is 4.83 Å². The van der Waals surface area contributed by atoms with Crippen LogP contribution >= 0.6 is 7.26 Å². The van der Waals surface area contributed by atoms with Gasteiger partial charge in [0.05, 0.1) is 36.6 Å². The fraction of sp³-hybridized carbons (Fsp3) is 0.679. The van der Waals surface area contributed by atoms with Gasteiger partial charge in [0.25, 0.3) is 0 Å². The van der Waals surface area contributed by atoms with E-state index in [1.165, 1.54) is 75.4 Å². The van der Waals surface area contributed by atoms with Crippen LogP contribution in [0.2, 0.25) is 0 Å². The molecule has 1 N–H and O–H groups in total. The zero-order valence-corrected chi connectivity index (χ0v) is 25.2. The van der Waals surface area contributed by atoms with Gasteiger partial charge in [-0.3, -0.25) is 10.0 Å². The molecule has 0 saturated heterocycles. The van der Waals surface area contributed by atoms with Gasteiger partial charge in [-0.25, -0.2) is 12.8 Å². The molecule has 0 aliphatic carbocycles. The first kappa shape index (κ1) is 30.9. The molecule has 0 fully saturated rings. The van der Waals surface area contributed by atoms with E-state index >= 15 is 0 Å². The van der Waals surface area contributed by atoms with Crippen molar-refractivity contribution in [2.45, 2.75) is 86.2 Å². The molecule has 0 bridgehead atoms. The Morgan fingerprint density at radius 3 is 1.92 bits per heavy atom. The third kappa shape index (κ3) is 8.63. The number of hydrogen-bond donors (Lipinski definition) is 1. The van der Waals surface area contributed by atoms with E-state index < -0.39 is 23.5 Å². The maximum Gasteiger partial charge on any atom is 0.225 e. The third-order valence-corrected chi connectivity index (χ3v) is 12.2. The number of hydrogen-bond acceptors (Lipinski definition) is 4. The quantitative estimate of drug-likeness (QED) is 0.242. The zero-order valence-electron chi connectivity index (χ0n) is 23.5. The molecule has 1 aromatic rings. The van der Waals surface area contributed by atoms with Crippen molar-refractivity contribution in [1.82, 2.24) is 9.84 Å². The lowest BCUT2D eigenvalue weighted by molar-refractivity contribution is 0.214. The van der Waals surface area contributed by atoms with Crippen LogP contribution in [0.5, 0.6) is 0 Å². The normalized spacial score (nSPS) is 17.2. The highest BCUT2D eigenvalue weighted by atomic mass is 32.2. The van der Waals surface area contributed by atoms with E-state index in [1.807, 2.05) is 19.1 Å². The highest BCUT2D eigenvalue weighted by Crippen LogP contribution is 2.62. The Morgan fingerprint density at radius 2 is 1.50 bits per heavy atom. The summed E-state index contributed by atoms with van der Waals surface area (Å²) in [5.74, 6) is -0.179. The van der Waals surface area contributed by atoms with Gasteiger partial charge >= 0.3 is 0 Å². The molecule has 5 nitrogen and oxygen atoms in total. The largest absolute Gasteiger partial charge is 0.274 e. The van der Waals surface area contributed by atoms with Gasteiger partial charge in [-0.15, -0.1) is 4.83 Å². The van der Waals surface area contributed by atoms with Gasteiger partial charge in [-0.1, -0.05) is 53.9 Å². The minimum absolute atomic E-state index is 0.0908. The Bertz CT molecular complexity index is 984. The lowest BCUT2D eigenvalue weighted by Crippen LogP contribution is -2.50. The summed E-state index contributed by atoms with van der Waals surface area (Å²) in [6.07, 6.45) is 12.7. The van der Waals surface area contributed by atoms with E-state index in [-0.39, 0.29) is 11.7 Å². The van der Waals surface area contributed by atoms with Crippen LogP contribution in [0.25, 0.3) is 0 Å². The van der Waals surface area contributed by atoms with Gasteiger partial charge in [0, 0.05) is 24.1 Å². The smallest absolute Gasteiger partial charge is 0.225 e. The number of hydrazine groups is 1. The molecule has 1 aliphatic heterocycles. The molecule has 36 heavy (non-hydrogen) atoms. The molecule has 2 rings (SSSR count). The maximum atomic E-state index is 13.8. The number of sulfonamides is 1. The van der Waals surface area contributed by atoms with E-state index in [2.05, 4.69) is 39.4 Å². The number of rotatable bonds is 15. The molecule has 1 aromatic carbocycles. The first-order valence-corrected chi connectivity index (χ1v) is 18.1. The first-order valence-electron chi connectivity index (χ1n) is 13.7. The predicted octanol–water partition coefficient (Wildman–Crippen LogP) is 7.07. The summed E-state index contributed by atoms with van der Waals surface area (Å²) >= 11 is 0. The second-order valence-corrected chi connectivity index (χ2v) is 16.7. The maximum absolute atomic E-state index is 13.8. The lowest BCUT2D eigenvalue weighted by Gasteiger charge is -2.40. The van der Waals surface area contributed by atoms with Crippen molar-refractivity contribution in [3.63, 3.8) is 0 Å². The minimum Gasteiger partial charge on any atom is -0.274 e. The van der Waals surface area contributed by atoms with Crippen LogP contribution in [0.15, 0.2) is 40.5 Å². The Hall–Kier alpha value is -1.30. The fourth-order valence-corrected chi connectivity index (χ4v) is 10.8. The summed E-state index contributed by atoms with van der Waals surface area (Å²) in [5, 5.41) is 1.76. The summed E-state index contributed by atoms with van der Waals surface area (Å²) in [5.41, 5.74) is 3.93. The van der Waals surface area contributed by atoms with Crippen LogP contribution in [0.4, 0.5) is 4.39 Å². The van der Waals surface area contributed by atoms with Crippen LogP contribution in [-0.2, 0) is 10.0 Å². The monoisotopic (exact) mass is 540 g/mol. The van der Waals surface area contributed by atoms with Crippen molar-refractivity contribution < 1.29 is 12.8 Å². The van der Waals surface area contributed by atoms with Crippen LogP contribution in [0, 0.1) is 11.7 Å². The van der Waals surface area contributed by atoms with Gasteiger partial charge in [-0.2, -0.15) is 0 Å². The predicted molar refractivity (Wildman–Crippen MR) is 155 cm³/mol. The number of aliphatic imine (C=N–C) groups is 1. The second-order valence-electron chi connectivity index (χ2n) is 10.6. The number of allylic oxidation sites excluding steroid dienone is 2. The van der Waals surface area contributed by atoms with Crippen molar-refractivity contribution in [2.24, 2.45) is 10.9 Å². The van der Waals surface area contributed by atoms with E-state index in [9.17, 15) is 12.8 Å². The SMILES string of the molecule is CCCC[P+](CCCC)(CCCC)CC1=C(C(C)C)N(NS(C)(=O)=O)C(C)N=C1c1ccc(F)cc1. The zero-order chi connectivity index (χ0) is 26.9. The van der Waals surface area contributed by atoms with Gasteiger partial charge < -0.3 is 0 Å². The van der Waals surface area contributed by atoms with Crippen LogP contribution in [-0.4, -0.2) is 56.2 Å². The average Bonchev–Trinajstić information content (AvgIpc) is 2.81. The number of benzene rings is 1. The molecule has 0 saturated carbocycles. The lowest BCUT2D eigenvalue weighted by atomic mass is 9.94. The molecule has 0 spiro atoms.